The smallest absolute Gasteiger partial charge is 0.254 e. The number of aromatic nitrogens is 1. The van der Waals surface area contributed by atoms with E-state index in [1.807, 2.05) is 13.0 Å². The lowest BCUT2D eigenvalue weighted by Crippen LogP contribution is -2.41. The van der Waals surface area contributed by atoms with Crippen LogP contribution in [0.15, 0.2) is 36.5 Å². The molecule has 3 rings (SSSR count). The summed E-state index contributed by atoms with van der Waals surface area (Å²) in [5.41, 5.74) is 0.437. The summed E-state index contributed by atoms with van der Waals surface area (Å²) in [6.45, 7) is 3.28. The minimum absolute atomic E-state index is 0.0680. The fourth-order valence-electron chi connectivity index (χ4n) is 3.32. The second kappa shape index (κ2) is 9.60. The van der Waals surface area contributed by atoms with Gasteiger partial charge >= 0.3 is 0 Å². The van der Waals surface area contributed by atoms with Crippen molar-refractivity contribution in [1.82, 2.24) is 9.88 Å². The SMILES string of the molecule is CCOc1c(Cl)cc(C(=O)N2CCC(C(=O)Nc3ccccn3)CC2)cc1OC. The van der Waals surface area contributed by atoms with Crippen molar-refractivity contribution in [2.75, 3.05) is 32.1 Å². The van der Waals surface area contributed by atoms with Crippen molar-refractivity contribution in [1.29, 1.82) is 0 Å². The molecule has 1 fully saturated rings. The molecule has 0 saturated carbocycles. The molecule has 0 bridgehead atoms. The van der Waals surface area contributed by atoms with Gasteiger partial charge in [-0.05, 0) is 44.0 Å². The molecule has 0 aliphatic carbocycles. The quantitative estimate of drug-likeness (QED) is 0.776. The number of hydrogen-bond donors (Lipinski definition) is 1. The number of ether oxygens (including phenoxy) is 2. The maximum absolute atomic E-state index is 12.9. The van der Waals surface area contributed by atoms with Crippen LogP contribution in [0.5, 0.6) is 11.5 Å². The van der Waals surface area contributed by atoms with E-state index < -0.39 is 0 Å². The van der Waals surface area contributed by atoms with Crippen LogP contribution in [0.3, 0.4) is 0 Å². The lowest BCUT2D eigenvalue weighted by Gasteiger charge is -2.31. The molecule has 0 spiro atoms. The molecule has 1 aliphatic heterocycles. The Morgan fingerprint density at radius 3 is 2.66 bits per heavy atom. The molecule has 1 N–H and O–H groups in total. The lowest BCUT2D eigenvalue weighted by molar-refractivity contribution is -0.121. The number of likely N-dealkylation sites (tertiary alicyclic amines) is 1. The number of carbonyl (C=O) groups excluding carboxylic acids is 2. The molecule has 0 atom stereocenters. The van der Waals surface area contributed by atoms with E-state index in [-0.39, 0.29) is 17.7 Å². The number of nitrogens with zero attached hydrogens (tertiary/aromatic N) is 2. The molecule has 2 aromatic rings. The maximum Gasteiger partial charge on any atom is 0.254 e. The van der Waals surface area contributed by atoms with Gasteiger partial charge in [0, 0.05) is 30.8 Å². The number of piperidine rings is 1. The zero-order valence-corrected chi connectivity index (χ0v) is 17.2. The van der Waals surface area contributed by atoms with Crippen LogP contribution < -0.4 is 14.8 Å². The number of benzene rings is 1. The van der Waals surface area contributed by atoms with E-state index in [0.717, 1.165) is 0 Å². The third kappa shape index (κ3) is 4.98. The van der Waals surface area contributed by atoms with E-state index >= 15 is 0 Å². The summed E-state index contributed by atoms with van der Waals surface area (Å²) >= 11 is 6.28. The molecule has 1 aromatic heterocycles. The molecule has 0 radical (unpaired) electrons. The second-order valence-electron chi connectivity index (χ2n) is 6.69. The van der Waals surface area contributed by atoms with Crippen LogP contribution in [0.4, 0.5) is 5.82 Å². The number of hydrogen-bond acceptors (Lipinski definition) is 5. The minimum atomic E-state index is -0.153. The van der Waals surface area contributed by atoms with Gasteiger partial charge in [0.05, 0.1) is 18.7 Å². The predicted octanol–water partition coefficient (Wildman–Crippen LogP) is 3.63. The molecule has 29 heavy (non-hydrogen) atoms. The highest BCUT2D eigenvalue weighted by atomic mass is 35.5. The van der Waals surface area contributed by atoms with Gasteiger partial charge in [-0.15, -0.1) is 0 Å². The van der Waals surface area contributed by atoms with Crippen molar-refractivity contribution >= 4 is 29.2 Å². The topological polar surface area (TPSA) is 80.8 Å². The van der Waals surface area contributed by atoms with E-state index in [0.29, 0.717) is 60.4 Å². The molecule has 2 amide bonds. The molecule has 8 heteroatoms. The Bertz CT molecular complexity index is 868. The number of amides is 2. The van der Waals surface area contributed by atoms with Gasteiger partial charge in [0.25, 0.3) is 5.91 Å². The van der Waals surface area contributed by atoms with Crippen molar-refractivity contribution in [2.24, 2.45) is 5.92 Å². The number of halogens is 1. The van der Waals surface area contributed by atoms with Crippen LogP contribution in [0.1, 0.15) is 30.1 Å². The van der Waals surface area contributed by atoms with Crippen molar-refractivity contribution in [3.63, 3.8) is 0 Å². The first kappa shape index (κ1) is 20.9. The second-order valence-corrected chi connectivity index (χ2v) is 7.10. The number of carbonyl (C=O) groups is 2. The van der Waals surface area contributed by atoms with Crippen LogP contribution in [-0.2, 0) is 4.79 Å². The summed E-state index contributed by atoms with van der Waals surface area (Å²) in [6, 6.07) is 8.60. The summed E-state index contributed by atoms with van der Waals surface area (Å²) in [5.74, 6) is 1.02. The summed E-state index contributed by atoms with van der Waals surface area (Å²) in [6.07, 6.45) is 2.81. The fourth-order valence-corrected chi connectivity index (χ4v) is 3.59. The standard InChI is InChI=1S/C21H24ClN3O4/c1-3-29-19-16(22)12-15(13-17(19)28-2)21(27)25-10-7-14(8-11-25)20(26)24-18-6-4-5-9-23-18/h4-6,9,12-14H,3,7-8,10-11H2,1-2H3,(H,23,24,26). The number of nitrogens with one attached hydrogen (secondary N) is 1. The first-order valence-electron chi connectivity index (χ1n) is 9.55. The summed E-state index contributed by atoms with van der Waals surface area (Å²) in [5, 5.41) is 3.16. The van der Waals surface area contributed by atoms with E-state index in [4.69, 9.17) is 21.1 Å². The molecular formula is C21H24ClN3O4. The van der Waals surface area contributed by atoms with E-state index in [1.165, 1.54) is 7.11 Å². The number of methoxy groups -OCH3 is 1. The van der Waals surface area contributed by atoms with Gasteiger partial charge in [0.2, 0.25) is 5.91 Å². The number of pyridine rings is 1. The highest BCUT2D eigenvalue weighted by molar-refractivity contribution is 6.32. The third-order valence-corrected chi connectivity index (χ3v) is 5.11. The van der Waals surface area contributed by atoms with Gasteiger partial charge in [-0.25, -0.2) is 4.98 Å². The van der Waals surface area contributed by atoms with E-state index in [1.54, 1.807) is 35.4 Å². The van der Waals surface area contributed by atoms with Gasteiger partial charge in [0.1, 0.15) is 5.82 Å². The molecule has 1 saturated heterocycles. The van der Waals surface area contributed by atoms with Gasteiger partial charge in [-0.2, -0.15) is 0 Å². The summed E-state index contributed by atoms with van der Waals surface area (Å²) in [7, 11) is 1.51. The van der Waals surface area contributed by atoms with Crippen LogP contribution in [0.2, 0.25) is 5.02 Å². The van der Waals surface area contributed by atoms with Crippen LogP contribution in [0.25, 0.3) is 0 Å². The number of anilines is 1. The van der Waals surface area contributed by atoms with Crippen LogP contribution in [-0.4, -0.2) is 48.5 Å². The minimum Gasteiger partial charge on any atom is -0.493 e. The van der Waals surface area contributed by atoms with Crippen molar-refractivity contribution in [3.8, 4) is 11.5 Å². The molecule has 154 valence electrons. The average molecular weight is 418 g/mol. The first-order chi connectivity index (χ1) is 14.0. The Kier molecular flexibility index (Phi) is 6.93. The van der Waals surface area contributed by atoms with E-state index in [9.17, 15) is 9.59 Å². The van der Waals surface area contributed by atoms with Crippen molar-refractivity contribution in [3.05, 3.63) is 47.1 Å². The summed E-state index contributed by atoms with van der Waals surface area (Å²) < 4.78 is 10.8. The lowest BCUT2D eigenvalue weighted by atomic mass is 9.95. The monoisotopic (exact) mass is 417 g/mol. The Hall–Kier alpha value is -2.80. The third-order valence-electron chi connectivity index (χ3n) is 4.83. The fraction of sp³-hybridized carbons (Fsp3) is 0.381. The Balaban J connectivity index is 1.62. The molecule has 1 aliphatic rings. The van der Waals surface area contributed by atoms with Crippen molar-refractivity contribution < 1.29 is 19.1 Å². The normalized spacial score (nSPS) is 14.4. The van der Waals surface area contributed by atoms with Crippen LogP contribution in [0, 0.1) is 5.92 Å². The predicted molar refractivity (Wildman–Crippen MR) is 111 cm³/mol. The van der Waals surface area contributed by atoms with Gasteiger partial charge in [-0.3, -0.25) is 9.59 Å². The van der Waals surface area contributed by atoms with Gasteiger partial charge in [-0.1, -0.05) is 17.7 Å². The number of rotatable bonds is 6. The van der Waals surface area contributed by atoms with Crippen LogP contribution >= 0.6 is 11.6 Å². The average Bonchev–Trinajstić information content (AvgIpc) is 2.75. The van der Waals surface area contributed by atoms with E-state index in [2.05, 4.69) is 10.3 Å². The zero-order chi connectivity index (χ0) is 20.8. The Morgan fingerprint density at radius 2 is 2.03 bits per heavy atom. The first-order valence-corrected chi connectivity index (χ1v) is 9.92. The summed E-state index contributed by atoms with van der Waals surface area (Å²) in [4.78, 5) is 31.2. The highest BCUT2D eigenvalue weighted by Gasteiger charge is 2.29. The molecule has 0 unspecified atom stereocenters. The molecule has 1 aromatic carbocycles. The van der Waals surface area contributed by atoms with Gasteiger partial charge in [0.15, 0.2) is 11.5 Å². The maximum atomic E-state index is 12.9. The molecule has 2 heterocycles. The highest BCUT2D eigenvalue weighted by Crippen LogP contribution is 2.37. The largest absolute Gasteiger partial charge is 0.493 e. The molecule has 7 nitrogen and oxygen atoms in total. The van der Waals surface area contributed by atoms with Crippen molar-refractivity contribution in [2.45, 2.75) is 19.8 Å². The Morgan fingerprint density at radius 1 is 1.28 bits per heavy atom. The zero-order valence-electron chi connectivity index (χ0n) is 16.5. The van der Waals surface area contributed by atoms with Gasteiger partial charge < -0.3 is 19.7 Å². The molecular weight excluding hydrogens is 394 g/mol. The Labute approximate surface area is 175 Å².